The Labute approximate surface area is 109 Å². The van der Waals surface area contributed by atoms with Crippen molar-refractivity contribution >= 4 is 0 Å². The summed E-state index contributed by atoms with van der Waals surface area (Å²) in [5.41, 5.74) is 0. The van der Waals surface area contributed by atoms with E-state index in [0.29, 0.717) is 0 Å². The van der Waals surface area contributed by atoms with Gasteiger partial charge in [-0.05, 0) is 31.7 Å². The minimum Gasteiger partial charge on any atom is -0.314 e. The van der Waals surface area contributed by atoms with Crippen molar-refractivity contribution in [2.24, 2.45) is 5.92 Å². The molecule has 0 radical (unpaired) electrons. The van der Waals surface area contributed by atoms with E-state index in [4.69, 9.17) is 0 Å². The maximum atomic E-state index is 3.81. The molecule has 1 rings (SSSR count). The van der Waals surface area contributed by atoms with Crippen LogP contribution in [0.1, 0.15) is 84.5 Å². The number of rotatable bonds is 9. The number of nitrogens with one attached hydrogen (secondary N) is 1. The Kier molecular flexibility index (Phi) is 8.78. The number of hydrogen-bond donors (Lipinski definition) is 1. The predicted octanol–water partition coefficient (Wildman–Crippen LogP) is 4.91. The fourth-order valence-corrected chi connectivity index (χ4v) is 3.16. The van der Waals surface area contributed by atoms with E-state index in [9.17, 15) is 0 Å². The first kappa shape index (κ1) is 15.0. The average molecular weight is 239 g/mol. The fourth-order valence-electron chi connectivity index (χ4n) is 3.16. The lowest BCUT2D eigenvalue weighted by molar-refractivity contribution is 0.255. The highest BCUT2D eigenvalue weighted by Crippen LogP contribution is 2.26. The van der Waals surface area contributed by atoms with Gasteiger partial charge < -0.3 is 5.32 Å². The molecule has 1 fully saturated rings. The monoisotopic (exact) mass is 239 g/mol. The van der Waals surface area contributed by atoms with Crippen LogP contribution < -0.4 is 5.32 Å². The van der Waals surface area contributed by atoms with Crippen LogP contribution in [0.2, 0.25) is 0 Å². The van der Waals surface area contributed by atoms with Crippen LogP contribution in [0.15, 0.2) is 0 Å². The van der Waals surface area contributed by atoms with Gasteiger partial charge in [0.2, 0.25) is 0 Å². The molecular formula is C16H33N. The SMILES string of the molecule is CCCCCCCCNC1CCCCC1CC. The number of unbranched alkanes of at least 4 members (excludes halogenated alkanes) is 5. The van der Waals surface area contributed by atoms with Crippen molar-refractivity contribution in [2.45, 2.75) is 90.5 Å². The average Bonchev–Trinajstić information content (AvgIpc) is 2.38. The Balaban J connectivity index is 1.97. The molecule has 17 heavy (non-hydrogen) atoms. The van der Waals surface area contributed by atoms with Gasteiger partial charge in [0.25, 0.3) is 0 Å². The molecule has 1 heteroatoms. The summed E-state index contributed by atoms with van der Waals surface area (Å²) in [6, 6.07) is 0.837. The molecule has 2 atom stereocenters. The van der Waals surface area contributed by atoms with Crippen molar-refractivity contribution in [1.29, 1.82) is 0 Å². The maximum absolute atomic E-state index is 3.81. The van der Waals surface area contributed by atoms with Gasteiger partial charge in [-0.1, -0.05) is 65.2 Å². The van der Waals surface area contributed by atoms with Crippen LogP contribution in [0, 0.1) is 5.92 Å². The predicted molar refractivity (Wildman–Crippen MR) is 77.4 cm³/mol. The third-order valence-electron chi connectivity index (χ3n) is 4.37. The first-order valence-corrected chi connectivity index (χ1v) is 8.11. The quantitative estimate of drug-likeness (QED) is 0.564. The summed E-state index contributed by atoms with van der Waals surface area (Å²) in [6.07, 6.45) is 15.7. The first-order valence-electron chi connectivity index (χ1n) is 8.11. The van der Waals surface area contributed by atoms with Crippen LogP contribution in [0.25, 0.3) is 0 Å². The molecule has 1 aliphatic rings. The molecule has 1 nitrogen and oxygen atoms in total. The number of hydrogen-bond acceptors (Lipinski definition) is 1. The highest BCUT2D eigenvalue weighted by atomic mass is 14.9. The second-order valence-electron chi connectivity index (χ2n) is 5.78. The Morgan fingerprint density at radius 3 is 2.35 bits per heavy atom. The normalized spacial score (nSPS) is 25.1. The smallest absolute Gasteiger partial charge is 0.00952 e. The van der Waals surface area contributed by atoms with E-state index in [0.717, 1.165) is 12.0 Å². The van der Waals surface area contributed by atoms with Gasteiger partial charge in [0, 0.05) is 6.04 Å². The molecule has 0 amide bonds. The summed E-state index contributed by atoms with van der Waals surface area (Å²) in [5, 5.41) is 3.81. The minimum atomic E-state index is 0.837. The molecule has 0 bridgehead atoms. The van der Waals surface area contributed by atoms with E-state index in [-0.39, 0.29) is 0 Å². The van der Waals surface area contributed by atoms with E-state index in [1.807, 2.05) is 0 Å². The molecule has 1 saturated carbocycles. The minimum absolute atomic E-state index is 0.837. The van der Waals surface area contributed by atoms with Crippen LogP contribution in [0.4, 0.5) is 0 Å². The van der Waals surface area contributed by atoms with Crippen LogP contribution in [0.3, 0.4) is 0 Å². The zero-order valence-electron chi connectivity index (χ0n) is 12.1. The van der Waals surface area contributed by atoms with Crippen LogP contribution in [0.5, 0.6) is 0 Å². The molecule has 1 aliphatic carbocycles. The van der Waals surface area contributed by atoms with Crippen molar-refractivity contribution in [2.75, 3.05) is 6.54 Å². The molecule has 0 aromatic heterocycles. The third-order valence-corrected chi connectivity index (χ3v) is 4.37. The Morgan fingerprint density at radius 1 is 0.882 bits per heavy atom. The van der Waals surface area contributed by atoms with Gasteiger partial charge in [0.05, 0.1) is 0 Å². The van der Waals surface area contributed by atoms with E-state index < -0.39 is 0 Å². The standard InChI is InChI=1S/C16H33N/c1-3-5-6-7-8-11-14-17-16-13-10-9-12-15(16)4-2/h15-17H,3-14H2,1-2H3. The van der Waals surface area contributed by atoms with E-state index >= 15 is 0 Å². The van der Waals surface area contributed by atoms with Crippen molar-refractivity contribution in [3.8, 4) is 0 Å². The molecule has 102 valence electrons. The van der Waals surface area contributed by atoms with Gasteiger partial charge in [0.15, 0.2) is 0 Å². The molecule has 0 spiro atoms. The van der Waals surface area contributed by atoms with Crippen molar-refractivity contribution in [3.63, 3.8) is 0 Å². The van der Waals surface area contributed by atoms with Gasteiger partial charge >= 0.3 is 0 Å². The molecule has 0 aromatic rings. The summed E-state index contributed by atoms with van der Waals surface area (Å²) in [6.45, 7) is 5.90. The molecule has 0 aromatic carbocycles. The summed E-state index contributed by atoms with van der Waals surface area (Å²) in [5.74, 6) is 0.962. The summed E-state index contributed by atoms with van der Waals surface area (Å²) in [7, 11) is 0. The Morgan fingerprint density at radius 2 is 1.59 bits per heavy atom. The lowest BCUT2D eigenvalue weighted by atomic mass is 9.83. The largest absolute Gasteiger partial charge is 0.314 e. The van der Waals surface area contributed by atoms with E-state index in [1.165, 1.54) is 77.2 Å². The second-order valence-corrected chi connectivity index (χ2v) is 5.78. The summed E-state index contributed by atoms with van der Waals surface area (Å²) < 4.78 is 0. The van der Waals surface area contributed by atoms with Gasteiger partial charge in [-0.2, -0.15) is 0 Å². The van der Waals surface area contributed by atoms with Gasteiger partial charge in [0.1, 0.15) is 0 Å². The summed E-state index contributed by atoms with van der Waals surface area (Å²) >= 11 is 0. The lowest BCUT2D eigenvalue weighted by Crippen LogP contribution is -2.38. The van der Waals surface area contributed by atoms with Crippen molar-refractivity contribution in [1.82, 2.24) is 5.32 Å². The molecule has 2 unspecified atom stereocenters. The second kappa shape index (κ2) is 9.94. The van der Waals surface area contributed by atoms with Crippen LogP contribution in [-0.4, -0.2) is 12.6 Å². The summed E-state index contributed by atoms with van der Waals surface area (Å²) in [4.78, 5) is 0. The van der Waals surface area contributed by atoms with Crippen molar-refractivity contribution < 1.29 is 0 Å². The molecular weight excluding hydrogens is 206 g/mol. The van der Waals surface area contributed by atoms with Crippen LogP contribution >= 0.6 is 0 Å². The maximum Gasteiger partial charge on any atom is 0.00952 e. The molecule has 0 saturated heterocycles. The van der Waals surface area contributed by atoms with Gasteiger partial charge in [-0.3, -0.25) is 0 Å². The first-order chi connectivity index (χ1) is 8.38. The molecule has 0 aliphatic heterocycles. The highest BCUT2D eigenvalue weighted by Gasteiger charge is 2.22. The third kappa shape index (κ3) is 6.45. The highest BCUT2D eigenvalue weighted by molar-refractivity contribution is 4.79. The Bertz CT molecular complexity index is 167. The van der Waals surface area contributed by atoms with Gasteiger partial charge in [-0.25, -0.2) is 0 Å². The van der Waals surface area contributed by atoms with Crippen molar-refractivity contribution in [3.05, 3.63) is 0 Å². The van der Waals surface area contributed by atoms with Crippen LogP contribution in [-0.2, 0) is 0 Å². The van der Waals surface area contributed by atoms with E-state index in [1.54, 1.807) is 0 Å². The zero-order chi connectivity index (χ0) is 12.3. The van der Waals surface area contributed by atoms with E-state index in [2.05, 4.69) is 19.2 Å². The molecule has 1 N–H and O–H groups in total. The zero-order valence-corrected chi connectivity index (χ0v) is 12.1. The van der Waals surface area contributed by atoms with Gasteiger partial charge in [-0.15, -0.1) is 0 Å². The fraction of sp³-hybridized carbons (Fsp3) is 1.00. The Hall–Kier alpha value is -0.0400. The topological polar surface area (TPSA) is 12.0 Å². The molecule has 0 heterocycles. The lowest BCUT2D eigenvalue weighted by Gasteiger charge is -2.31.